The van der Waals surface area contributed by atoms with Gasteiger partial charge in [0.1, 0.15) is 5.75 Å². The van der Waals surface area contributed by atoms with Gasteiger partial charge in [-0.2, -0.15) is 0 Å². The van der Waals surface area contributed by atoms with E-state index in [4.69, 9.17) is 4.74 Å². The van der Waals surface area contributed by atoms with Crippen LogP contribution in [-0.2, 0) is 0 Å². The Morgan fingerprint density at radius 1 is 1.29 bits per heavy atom. The van der Waals surface area contributed by atoms with Crippen molar-refractivity contribution in [2.75, 3.05) is 7.11 Å². The Bertz CT molecular complexity index is 649. The van der Waals surface area contributed by atoms with Crippen molar-refractivity contribution < 1.29 is 9.53 Å². The van der Waals surface area contributed by atoms with Crippen molar-refractivity contribution in [3.8, 4) is 5.75 Å². The second-order valence-corrected chi connectivity index (χ2v) is 5.17. The van der Waals surface area contributed by atoms with Crippen LogP contribution in [0.2, 0.25) is 0 Å². The van der Waals surface area contributed by atoms with Gasteiger partial charge in [-0.15, -0.1) is 0 Å². The Labute approximate surface area is 125 Å². The summed E-state index contributed by atoms with van der Waals surface area (Å²) in [5, 5.41) is 4.00. The lowest BCUT2D eigenvalue weighted by Gasteiger charge is -2.16. The van der Waals surface area contributed by atoms with Crippen LogP contribution in [0.15, 0.2) is 24.3 Å². The van der Waals surface area contributed by atoms with E-state index < -0.39 is 0 Å². The van der Waals surface area contributed by atoms with Crippen molar-refractivity contribution in [1.82, 2.24) is 10.3 Å². The molecular weight excluding hydrogens is 264 g/mol. The van der Waals surface area contributed by atoms with Gasteiger partial charge >= 0.3 is 0 Å². The number of fused-ring (bicyclic) bond motifs is 1. The van der Waals surface area contributed by atoms with E-state index in [1.807, 2.05) is 31.2 Å². The number of rotatable bonds is 5. The normalized spacial score (nSPS) is 10.9. The molecule has 1 N–H and O–H groups in total. The molecule has 4 nitrogen and oxygen atoms in total. The Morgan fingerprint density at radius 2 is 2.00 bits per heavy atom. The maximum absolute atomic E-state index is 12.4. The van der Waals surface area contributed by atoms with Gasteiger partial charge in [-0.3, -0.25) is 9.78 Å². The number of benzene rings is 1. The fourth-order valence-corrected chi connectivity index (χ4v) is 2.36. The van der Waals surface area contributed by atoms with Crippen LogP contribution in [0.25, 0.3) is 10.9 Å². The summed E-state index contributed by atoms with van der Waals surface area (Å²) < 4.78 is 5.20. The molecule has 0 saturated heterocycles. The zero-order chi connectivity index (χ0) is 15.4. The smallest absolute Gasteiger partial charge is 0.253 e. The Morgan fingerprint density at radius 3 is 2.62 bits per heavy atom. The third kappa shape index (κ3) is 3.32. The Hall–Kier alpha value is -2.10. The minimum Gasteiger partial charge on any atom is -0.497 e. The molecule has 1 aromatic heterocycles. The van der Waals surface area contributed by atoms with E-state index in [0.29, 0.717) is 5.56 Å². The highest BCUT2D eigenvalue weighted by Gasteiger charge is 2.14. The third-order valence-electron chi connectivity index (χ3n) is 3.78. The van der Waals surface area contributed by atoms with Gasteiger partial charge in [0.2, 0.25) is 0 Å². The highest BCUT2D eigenvalue weighted by atomic mass is 16.5. The zero-order valence-electron chi connectivity index (χ0n) is 13.1. The molecule has 0 saturated carbocycles. The number of methoxy groups -OCH3 is 1. The van der Waals surface area contributed by atoms with E-state index in [0.717, 1.165) is 35.2 Å². The molecule has 0 aliphatic rings. The molecule has 0 radical (unpaired) electrons. The van der Waals surface area contributed by atoms with Crippen LogP contribution in [0, 0.1) is 6.92 Å². The number of ether oxygens (including phenoxy) is 1. The van der Waals surface area contributed by atoms with Crippen LogP contribution < -0.4 is 10.1 Å². The molecule has 0 atom stereocenters. The van der Waals surface area contributed by atoms with Crippen LogP contribution in [0.5, 0.6) is 5.75 Å². The maximum atomic E-state index is 12.4. The number of nitrogens with zero attached hydrogens (tertiary/aromatic N) is 1. The van der Waals surface area contributed by atoms with Crippen LogP contribution in [-0.4, -0.2) is 24.0 Å². The average molecular weight is 286 g/mol. The lowest BCUT2D eigenvalue weighted by Crippen LogP contribution is -2.34. The fourth-order valence-electron chi connectivity index (χ4n) is 2.36. The first kappa shape index (κ1) is 15.3. The van der Waals surface area contributed by atoms with E-state index in [1.54, 1.807) is 7.11 Å². The van der Waals surface area contributed by atoms with Gasteiger partial charge in [0, 0.05) is 17.5 Å². The van der Waals surface area contributed by atoms with Crippen molar-refractivity contribution in [1.29, 1.82) is 0 Å². The molecule has 0 spiro atoms. The number of hydrogen-bond acceptors (Lipinski definition) is 3. The Kier molecular flexibility index (Phi) is 4.78. The SMILES string of the molecule is CCC(CC)NC(=O)c1cc2ccc(OC)cc2nc1C. The molecular formula is C17H22N2O2. The third-order valence-corrected chi connectivity index (χ3v) is 3.78. The van der Waals surface area contributed by atoms with Gasteiger partial charge in [0.05, 0.1) is 23.9 Å². The van der Waals surface area contributed by atoms with Gasteiger partial charge in [-0.1, -0.05) is 13.8 Å². The predicted octanol–water partition coefficient (Wildman–Crippen LogP) is 3.47. The summed E-state index contributed by atoms with van der Waals surface area (Å²) in [5.41, 5.74) is 2.21. The van der Waals surface area contributed by atoms with Gasteiger partial charge in [0.15, 0.2) is 0 Å². The van der Waals surface area contributed by atoms with Crippen molar-refractivity contribution in [3.63, 3.8) is 0 Å². The molecule has 21 heavy (non-hydrogen) atoms. The summed E-state index contributed by atoms with van der Waals surface area (Å²) in [7, 11) is 1.63. The number of carbonyl (C=O) groups is 1. The van der Waals surface area contributed by atoms with Gasteiger partial charge in [-0.05, 0) is 38.0 Å². The number of nitrogens with one attached hydrogen (secondary N) is 1. The highest BCUT2D eigenvalue weighted by Crippen LogP contribution is 2.21. The summed E-state index contributed by atoms with van der Waals surface area (Å²) in [4.78, 5) is 16.9. The molecule has 0 aliphatic carbocycles. The quantitative estimate of drug-likeness (QED) is 0.915. The minimum atomic E-state index is -0.0496. The molecule has 4 heteroatoms. The first-order valence-electron chi connectivity index (χ1n) is 7.35. The van der Waals surface area contributed by atoms with Crippen LogP contribution in [0.4, 0.5) is 0 Å². The standard InChI is InChI=1S/C17H22N2O2/c1-5-13(6-2)19-17(20)15-9-12-7-8-14(21-4)10-16(12)18-11(15)3/h7-10,13H,5-6H2,1-4H3,(H,19,20). The molecule has 2 rings (SSSR count). The molecule has 2 aromatic rings. The minimum absolute atomic E-state index is 0.0496. The maximum Gasteiger partial charge on any atom is 0.253 e. The van der Waals surface area contributed by atoms with Crippen molar-refractivity contribution in [3.05, 3.63) is 35.5 Å². The van der Waals surface area contributed by atoms with Crippen LogP contribution in [0.1, 0.15) is 42.7 Å². The lowest BCUT2D eigenvalue weighted by atomic mass is 10.1. The van der Waals surface area contributed by atoms with Crippen LogP contribution in [0.3, 0.4) is 0 Å². The Balaban J connectivity index is 2.36. The number of carbonyl (C=O) groups excluding carboxylic acids is 1. The second-order valence-electron chi connectivity index (χ2n) is 5.17. The summed E-state index contributed by atoms with van der Waals surface area (Å²) in [5.74, 6) is 0.718. The summed E-state index contributed by atoms with van der Waals surface area (Å²) in [6.07, 6.45) is 1.86. The van der Waals surface area contributed by atoms with E-state index >= 15 is 0 Å². The fraction of sp³-hybridized carbons (Fsp3) is 0.412. The number of aryl methyl sites for hydroxylation is 1. The van der Waals surface area contributed by atoms with Gasteiger partial charge in [0.25, 0.3) is 5.91 Å². The molecule has 0 unspecified atom stereocenters. The number of amides is 1. The largest absolute Gasteiger partial charge is 0.497 e. The summed E-state index contributed by atoms with van der Waals surface area (Å²) in [6.45, 7) is 6.01. The van der Waals surface area contributed by atoms with E-state index in [1.165, 1.54) is 0 Å². The summed E-state index contributed by atoms with van der Waals surface area (Å²) in [6, 6.07) is 7.79. The second kappa shape index (κ2) is 6.57. The molecule has 0 fully saturated rings. The zero-order valence-corrected chi connectivity index (χ0v) is 13.1. The van der Waals surface area contributed by atoms with Gasteiger partial charge in [-0.25, -0.2) is 0 Å². The first-order valence-corrected chi connectivity index (χ1v) is 7.35. The van der Waals surface area contributed by atoms with Gasteiger partial charge < -0.3 is 10.1 Å². The predicted molar refractivity (Wildman–Crippen MR) is 84.9 cm³/mol. The summed E-state index contributed by atoms with van der Waals surface area (Å²) >= 11 is 0. The number of aromatic nitrogens is 1. The monoisotopic (exact) mass is 286 g/mol. The molecule has 0 bridgehead atoms. The number of pyridine rings is 1. The highest BCUT2D eigenvalue weighted by molar-refractivity contribution is 5.98. The van der Waals surface area contributed by atoms with Crippen LogP contribution >= 0.6 is 0 Å². The van der Waals surface area contributed by atoms with E-state index in [-0.39, 0.29) is 11.9 Å². The van der Waals surface area contributed by atoms with E-state index in [9.17, 15) is 4.79 Å². The van der Waals surface area contributed by atoms with Crippen molar-refractivity contribution in [2.45, 2.75) is 39.7 Å². The topological polar surface area (TPSA) is 51.2 Å². The first-order chi connectivity index (χ1) is 10.1. The number of hydrogen-bond donors (Lipinski definition) is 1. The average Bonchev–Trinajstić information content (AvgIpc) is 2.50. The molecule has 1 aromatic carbocycles. The molecule has 112 valence electrons. The van der Waals surface area contributed by atoms with E-state index in [2.05, 4.69) is 24.1 Å². The van der Waals surface area contributed by atoms with Crippen molar-refractivity contribution in [2.24, 2.45) is 0 Å². The molecule has 0 aliphatic heterocycles. The molecule has 1 heterocycles. The molecule has 1 amide bonds. The van der Waals surface area contributed by atoms with Crippen molar-refractivity contribution >= 4 is 16.8 Å². The lowest BCUT2D eigenvalue weighted by molar-refractivity contribution is 0.0934.